The predicted molar refractivity (Wildman–Crippen MR) is 80.7 cm³/mol. The van der Waals surface area contributed by atoms with Crippen molar-refractivity contribution in [1.82, 2.24) is 9.55 Å². The van der Waals surface area contributed by atoms with Gasteiger partial charge in [-0.05, 0) is 52.9 Å². The molecule has 0 aliphatic heterocycles. The summed E-state index contributed by atoms with van der Waals surface area (Å²) < 4.78 is 3.07. The van der Waals surface area contributed by atoms with Gasteiger partial charge in [-0.3, -0.25) is 4.57 Å². The van der Waals surface area contributed by atoms with E-state index in [-0.39, 0.29) is 5.56 Å². The molecule has 4 nitrogen and oxygen atoms in total. The first kappa shape index (κ1) is 12.2. The lowest BCUT2D eigenvalue weighted by molar-refractivity contribution is 0.0697. The van der Waals surface area contributed by atoms with Gasteiger partial charge in [0.2, 0.25) is 0 Å². The molecule has 1 heterocycles. The molecule has 5 heteroatoms. The molecule has 0 bridgehead atoms. The van der Waals surface area contributed by atoms with Crippen LogP contribution in [0.4, 0.5) is 0 Å². The van der Waals surface area contributed by atoms with Gasteiger partial charge in [0.25, 0.3) is 0 Å². The molecule has 0 saturated carbocycles. The maximum Gasteiger partial charge on any atom is 0.335 e. The maximum absolute atomic E-state index is 10.9. The topological polar surface area (TPSA) is 55.1 Å². The molecule has 0 amide bonds. The van der Waals surface area contributed by atoms with Crippen molar-refractivity contribution in [2.45, 2.75) is 0 Å². The highest BCUT2D eigenvalue weighted by atomic mass is 127. The number of halogens is 1. The summed E-state index contributed by atoms with van der Waals surface area (Å²) in [6.45, 7) is 0. The Morgan fingerprint density at radius 3 is 2.74 bits per heavy atom. The van der Waals surface area contributed by atoms with E-state index in [1.807, 2.05) is 28.8 Å². The van der Waals surface area contributed by atoms with E-state index in [1.165, 1.54) is 0 Å². The normalized spacial score (nSPS) is 10.8. The second-order valence-corrected chi connectivity index (χ2v) is 5.24. The molecule has 0 atom stereocenters. The molecule has 0 saturated heterocycles. The second-order valence-electron chi connectivity index (χ2n) is 4.07. The Hall–Kier alpha value is -1.89. The Labute approximate surface area is 122 Å². The molecule has 0 aliphatic carbocycles. The van der Waals surface area contributed by atoms with Gasteiger partial charge < -0.3 is 5.11 Å². The molecule has 3 rings (SSSR count). The number of benzene rings is 2. The number of hydrogen-bond donors (Lipinski definition) is 1. The fraction of sp³-hybridized carbons (Fsp3) is 0. The molecule has 3 aromatic rings. The first-order chi connectivity index (χ1) is 9.16. The lowest BCUT2D eigenvalue weighted by atomic mass is 10.2. The van der Waals surface area contributed by atoms with Gasteiger partial charge in [0.1, 0.15) is 6.33 Å². The summed E-state index contributed by atoms with van der Waals surface area (Å²) in [6, 6.07) is 12.9. The van der Waals surface area contributed by atoms with Crippen LogP contribution in [0.3, 0.4) is 0 Å². The van der Waals surface area contributed by atoms with E-state index in [9.17, 15) is 4.79 Å². The molecule has 0 aliphatic rings. The van der Waals surface area contributed by atoms with Crippen molar-refractivity contribution in [3.63, 3.8) is 0 Å². The minimum Gasteiger partial charge on any atom is -0.478 e. The smallest absolute Gasteiger partial charge is 0.335 e. The minimum absolute atomic E-state index is 0.250. The van der Waals surface area contributed by atoms with Crippen LogP contribution in [0.25, 0.3) is 16.7 Å². The first-order valence-electron chi connectivity index (χ1n) is 5.62. The monoisotopic (exact) mass is 364 g/mol. The number of para-hydroxylation sites is 1. The van der Waals surface area contributed by atoms with Crippen LogP contribution < -0.4 is 0 Å². The van der Waals surface area contributed by atoms with E-state index in [0.717, 1.165) is 14.8 Å². The molecule has 0 spiro atoms. The molecule has 1 N–H and O–H groups in total. The van der Waals surface area contributed by atoms with E-state index < -0.39 is 5.97 Å². The van der Waals surface area contributed by atoms with Crippen LogP contribution in [-0.2, 0) is 0 Å². The number of nitrogens with zero attached hydrogens (tertiary/aromatic N) is 2. The minimum atomic E-state index is -0.939. The van der Waals surface area contributed by atoms with Gasteiger partial charge in [-0.25, -0.2) is 9.78 Å². The largest absolute Gasteiger partial charge is 0.478 e. The Morgan fingerprint density at radius 1 is 1.21 bits per heavy atom. The zero-order chi connectivity index (χ0) is 13.4. The van der Waals surface area contributed by atoms with Gasteiger partial charge in [0.15, 0.2) is 0 Å². The van der Waals surface area contributed by atoms with Crippen LogP contribution in [0.15, 0.2) is 48.8 Å². The van der Waals surface area contributed by atoms with Gasteiger partial charge in [-0.2, -0.15) is 0 Å². The van der Waals surface area contributed by atoms with E-state index in [1.54, 1.807) is 24.5 Å². The Bertz CT molecular complexity index is 780. The zero-order valence-corrected chi connectivity index (χ0v) is 11.9. The average Bonchev–Trinajstić information content (AvgIpc) is 2.82. The number of carboxylic acids is 1. The summed E-state index contributed by atoms with van der Waals surface area (Å²) in [6.07, 6.45) is 1.72. The first-order valence-corrected chi connectivity index (χ1v) is 6.70. The molecule has 19 heavy (non-hydrogen) atoms. The third-order valence-corrected chi connectivity index (χ3v) is 3.82. The Kier molecular flexibility index (Phi) is 2.98. The van der Waals surface area contributed by atoms with Gasteiger partial charge in [-0.1, -0.05) is 12.1 Å². The fourth-order valence-electron chi connectivity index (χ4n) is 1.98. The van der Waals surface area contributed by atoms with Crippen LogP contribution in [-0.4, -0.2) is 20.6 Å². The van der Waals surface area contributed by atoms with Gasteiger partial charge in [0.05, 0.1) is 22.3 Å². The number of hydrogen-bond acceptors (Lipinski definition) is 2. The highest BCUT2D eigenvalue weighted by Gasteiger charge is 2.10. The summed E-state index contributed by atoms with van der Waals surface area (Å²) in [4.78, 5) is 15.2. The number of aromatic nitrogens is 2. The van der Waals surface area contributed by atoms with Crippen LogP contribution in [0.5, 0.6) is 0 Å². The third-order valence-electron chi connectivity index (χ3n) is 2.91. The summed E-state index contributed by atoms with van der Waals surface area (Å²) in [5.41, 5.74) is 2.86. The quantitative estimate of drug-likeness (QED) is 0.710. The summed E-state index contributed by atoms with van der Waals surface area (Å²) in [5, 5.41) is 8.98. The Balaban J connectivity index is 2.22. The Morgan fingerprint density at radius 2 is 2.00 bits per heavy atom. The summed E-state index contributed by atoms with van der Waals surface area (Å²) in [7, 11) is 0. The fourth-order valence-corrected chi connectivity index (χ4v) is 2.63. The average molecular weight is 364 g/mol. The van der Waals surface area contributed by atoms with Crippen molar-refractivity contribution in [1.29, 1.82) is 0 Å². The summed E-state index contributed by atoms with van der Waals surface area (Å²) >= 11 is 2.27. The molecular formula is C14H9IN2O2. The molecule has 2 aromatic carbocycles. The number of aromatic carboxylic acids is 1. The second kappa shape index (κ2) is 4.65. The van der Waals surface area contributed by atoms with Crippen molar-refractivity contribution in [2.24, 2.45) is 0 Å². The van der Waals surface area contributed by atoms with Crippen molar-refractivity contribution in [2.75, 3.05) is 0 Å². The number of imidazole rings is 1. The van der Waals surface area contributed by atoms with E-state index in [0.29, 0.717) is 5.52 Å². The number of carbonyl (C=O) groups is 1. The summed E-state index contributed by atoms with van der Waals surface area (Å²) in [5.74, 6) is -0.939. The standard InChI is InChI=1S/C14H9IN2O2/c15-10-3-1-2-4-12(10)17-8-16-11-7-9(14(18)19)5-6-13(11)17/h1-8H,(H,18,19). The van der Waals surface area contributed by atoms with Crippen LogP contribution in [0.1, 0.15) is 10.4 Å². The van der Waals surface area contributed by atoms with E-state index in [4.69, 9.17) is 5.11 Å². The van der Waals surface area contributed by atoms with Crippen LogP contribution in [0.2, 0.25) is 0 Å². The number of fused-ring (bicyclic) bond motifs is 1. The van der Waals surface area contributed by atoms with Gasteiger partial charge >= 0.3 is 5.97 Å². The van der Waals surface area contributed by atoms with Crippen molar-refractivity contribution in [3.05, 3.63) is 57.9 Å². The maximum atomic E-state index is 10.9. The molecule has 1 aromatic heterocycles. The molecule has 94 valence electrons. The number of carboxylic acid groups (broad SMARTS) is 1. The van der Waals surface area contributed by atoms with Crippen molar-refractivity contribution >= 4 is 39.6 Å². The third kappa shape index (κ3) is 2.10. The zero-order valence-electron chi connectivity index (χ0n) is 9.75. The molecule has 0 unspecified atom stereocenters. The van der Waals surface area contributed by atoms with Crippen LogP contribution >= 0.6 is 22.6 Å². The molecule has 0 radical (unpaired) electrons. The number of rotatable bonds is 2. The highest BCUT2D eigenvalue weighted by Crippen LogP contribution is 2.22. The lowest BCUT2D eigenvalue weighted by Crippen LogP contribution is -1.97. The predicted octanol–water partition coefficient (Wildman–Crippen LogP) is 3.33. The lowest BCUT2D eigenvalue weighted by Gasteiger charge is -2.06. The SMILES string of the molecule is O=C(O)c1ccc2c(c1)ncn2-c1ccccc1I. The molecule has 0 fully saturated rings. The van der Waals surface area contributed by atoms with Gasteiger partial charge in [0, 0.05) is 3.57 Å². The van der Waals surface area contributed by atoms with Gasteiger partial charge in [-0.15, -0.1) is 0 Å². The van der Waals surface area contributed by atoms with Crippen LogP contribution in [0, 0.1) is 3.57 Å². The van der Waals surface area contributed by atoms with E-state index >= 15 is 0 Å². The van der Waals surface area contributed by atoms with Crippen molar-refractivity contribution < 1.29 is 9.90 Å². The highest BCUT2D eigenvalue weighted by molar-refractivity contribution is 14.1. The molecular weight excluding hydrogens is 355 g/mol. The van der Waals surface area contributed by atoms with Crippen molar-refractivity contribution in [3.8, 4) is 5.69 Å². The van der Waals surface area contributed by atoms with E-state index in [2.05, 4.69) is 27.6 Å².